The first-order valence-electron chi connectivity index (χ1n) is 11.4. The third-order valence-electron chi connectivity index (χ3n) is 6.46. The molecule has 2 aromatic rings. The van der Waals surface area contributed by atoms with E-state index in [1.165, 1.54) is 43.8 Å². The van der Waals surface area contributed by atoms with Crippen LogP contribution >= 0.6 is 15.9 Å². The van der Waals surface area contributed by atoms with E-state index in [1.807, 2.05) is 16.7 Å². The van der Waals surface area contributed by atoms with Gasteiger partial charge in [0.2, 0.25) is 0 Å². The molecule has 0 N–H and O–H groups in total. The fourth-order valence-corrected chi connectivity index (χ4v) is 5.41. The highest BCUT2D eigenvalue weighted by atomic mass is 79.9. The van der Waals surface area contributed by atoms with E-state index in [9.17, 15) is 4.79 Å². The van der Waals surface area contributed by atoms with E-state index in [2.05, 4.69) is 41.9 Å². The predicted octanol–water partition coefficient (Wildman–Crippen LogP) is 3.61. The lowest BCUT2D eigenvalue weighted by atomic mass is 10.0. The second-order valence-electron chi connectivity index (χ2n) is 8.39. The van der Waals surface area contributed by atoms with E-state index >= 15 is 0 Å². The van der Waals surface area contributed by atoms with Crippen LogP contribution in [-0.4, -0.2) is 75.6 Å². The maximum atomic E-state index is 11.9. The molecule has 1 amide bonds. The predicted molar refractivity (Wildman–Crippen MR) is 126 cm³/mol. The number of hydrazone groups is 1. The summed E-state index contributed by atoms with van der Waals surface area (Å²) in [4.78, 5) is 21.5. The van der Waals surface area contributed by atoms with E-state index in [1.54, 1.807) is 19.3 Å². The number of amides is 1. The Morgan fingerprint density at radius 1 is 1.19 bits per heavy atom. The Balaban J connectivity index is 1.34. The largest absolute Gasteiger partial charge is 0.448 e. The van der Waals surface area contributed by atoms with Crippen LogP contribution in [0.25, 0.3) is 5.65 Å². The SMILES string of the molecule is CCOC(=O)N1C=CC(c2c(Br)nc3ccc(N4CCC(N5CCCC5)CC4)nn23)C=N1. The molecule has 5 rings (SSSR count). The topological polar surface area (TPSA) is 78.6 Å². The lowest BCUT2D eigenvalue weighted by Gasteiger charge is -2.37. The van der Waals surface area contributed by atoms with Gasteiger partial charge in [0.05, 0.1) is 18.2 Å². The van der Waals surface area contributed by atoms with E-state index in [0.717, 1.165) is 34.9 Å². The summed E-state index contributed by atoms with van der Waals surface area (Å²) in [5, 5.41) is 10.4. The van der Waals surface area contributed by atoms with Gasteiger partial charge in [-0.2, -0.15) is 10.1 Å². The van der Waals surface area contributed by atoms with Gasteiger partial charge in [0.15, 0.2) is 5.65 Å². The third kappa shape index (κ3) is 4.13. The molecule has 0 radical (unpaired) electrons. The molecular weight excluding hydrogens is 474 g/mol. The van der Waals surface area contributed by atoms with Crippen molar-refractivity contribution in [2.24, 2.45) is 5.10 Å². The van der Waals surface area contributed by atoms with Crippen molar-refractivity contribution in [1.29, 1.82) is 0 Å². The van der Waals surface area contributed by atoms with Crippen LogP contribution < -0.4 is 4.90 Å². The van der Waals surface area contributed by atoms with Crippen molar-refractivity contribution < 1.29 is 9.53 Å². The molecule has 32 heavy (non-hydrogen) atoms. The second kappa shape index (κ2) is 9.19. The fourth-order valence-electron chi connectivity index (χ4n) is 4.79. The van der Waals surface area contributed by atoms with Gasteiger partial charge in [0.25, 0.3) is 0 Å². The monoisotopic (exact) mass is 501 g/mol. The Morgan fingerprint density at radius 3 is 2.66 bits per heavy atom. The van der Waals surface area contributed by atoms with Crippen LogP contribution in [0.3, 0.4) is 0 Å². The first kappa shape index (κ1) is 21.4. The lowest BCUT2D eigenvalue weighted by molar-refractivity contribution is 0.123. The smallest absolute Gasteiger partial charge is 0.434 e. The van der Waals surface area contributed by atoms with Crippen molar-refractivity contribution in [3.05, 3.63) is 34.7 Å². The number of carbonyl (C=O) groups is 1. The number of fused-ring (bicyclic) bond motifs is 1. The Hall–Kier alpha value is -2.46. The van der Waals surface area contributed by atoms with Gasteiger partial charge in [0.1, 0.15) is 10.4 Å². The van der Waals surface area contributed by atoms with Gasteiger partial charge in [-0.15, -0.1) is 5.10 Å². The number of anilines is 1. The van der Waals surface area contributed by atoms with Crippen molar-refractivity contribution >= 4 is 39.7 Å². The van der Waals surface area contributed by atoms with Gasteiger partial charge >= 0.3 is 6.09 Å². The summed E-state index contributed by atoms with van der Waals surface area (Å²) < 4.78 is 7.60. The van der Waals surface area contributed by atoms with E-state index in [4.69, 9.17) is 9.84 Å². The standard InChI is InChI=1S/C22H28BrN7O2/c1-2-32-22(31)29-14-7-16(15-24-29)20-21(23)25-18-5-6-19(26-30(18)20)28-12-8-17(9-13-28)27-10-3-4-11-27/h5-7,14-17H,2-4,8-13H2,1H3. The van der Waals surface area contributed by atoms with Crippen molar-refractivity contribution in [3.8, 4) is 0 Å². The zero-order valence-corrected chi connectivity index (χ0v) is 19.8. The maximum Gasteiger partial charge on any atom is 0.434 e. The Labute approximate surface area is 195 Å². The summed E-state index contributed by atoms with van der Waals surface area (Å²) in [6.07, 6.45) is 9.79. The Morgan fingerprint density at radius 2 is 1.97 bits per heavy atom. The van der Waals surface area contributed by atoms with Crippen LogP contribution in [0.15, 0.2) is 34.1 Å². The Bertz CT molecular complexity index is 1020. The molecule has 0 bridgehead atoms. The molecule has 170 valence electrons. The third-order valence-corrected chi connectivity index (χ3v) is 7.04. The summed E-state index contributed by atoms with van der Waals surface area (Å²) in [6, 6.07) is 4.78. The molecule has 5 heterocycles. The van der Waals surface area contributed by atoms with Crippen LogP contribution in [0.1, 0.15) is 44.2 Å². The number of imidazole rings is 1. The van der Waals surface area contributed by atoms with Crippen molar-refractivity contribution in [2.45, 2.75) is 44.6 Å². The minimum atomic E-state index is -0.492. The molecule has 0 saturated carbocycles. The van der Waals surface area contributed by atoms with Crippen molar-refractivity contribution in [2.75, 3.05) is 37.7 Å². The molecule has 1 atom stereocenters. The van der Waals surface area contributed by atoms with Crippen LogP contribution in [0.5, 0.6) is 0 Å². The molecule has 3 aliphatic heterocycles. The van der Waals surface area contributed by atoms with Gasteiger partial charge in [-0.25, -0.2) is 14.3 Å². The zero-order chi connectivity index (χ0) is 22.1. The van der Waals surface area contributed by atoms with Crippen LogP contribution in [0, 0.1) is 0 Å². The minimum absolute atomic E-state index is 0.159. The molecule has 2 aromatic heterocycles. The number of aromatic nitrogens is 3. The van der Waals surface area contributed by atoms with Gasteiger partial charge in [-0.1, -0.05) is 6.08 Å². The molecule has 3 aliphatic rings. The highest BCUT2D eigenvalue weighted by Crippen LogP contribution is 2.29. The number of hydrogen-bond donors (Lipinski definition) is 0. The molecule has 2 saturated heterocycles. The molecule has 10 heteroatoms. The number of carbonyl (C=O) groups excluding carboxylic acids is 1. The summed E-state index contributed by atoms with van der Waals surface area (Å²) in [7, 11) is 0. The number of allylic oxidation sites excluding steroid dienone is 1. The number of halogens is 1. The molecule has 0 aliphatic carbocycles. The van der Waals surface area contributed by atoms with E-state index < -0.39 is 6.09 Å². The fraction of sp³-hybridized carbons (Fsp3) is 0.545. The van der Waals surface area contributed by atoms with Gasteiger partial charge in [-0.3, -0.25) is 0 Å². The number of ether oxygens (including phenoxy) is 1. The van der Waals surface area contributed by atoms with E-state index in [-0.39, 0.29) is 5.92 Å². The lowest BCUT2D eigenvalue weighted by Crippen LogP contribution is -2.44. The summed E-state index contributed by atoms with van der Waals surface area (Å²) in [5.41, 5.74) is 1.66. The quantitative estimate of drug-likeness (QED) is 0.636. The molecule has 9 nitrogen and oxygen atoms in total. The average Bonchev–Trinajstić information content (AvgIpc) is 3.46. The minimum Gasteiger partial charge on any atom is -0.448 e. The van der Waals surface area contributed by atoms with E-state index in [0.29, 0.717) is 12.6 Å². The van der Waals surface area contributed by atoms with Crippen molar-refractivity contribution in [1.82, 2.24) is 24.5 Å². The number of piperidine rings is 1. The first-order chi connectivity index (χ1) is 15.6. The molecule has 0 spiro atoms. The number of nitrogens with zero attached hydrogens (tertiary/aromatic N) is 7. The van der Waals surface area contributed by atoms with Crippen molar-refractivity contribution in [3.63, 3.8) is 0 Å². The molecule has 1 unspecified atom stereocenters. The molecule has 0 aromatic carbocycles. The highest BCUT2D eigenvalue weighted by molar-refractivity contribution is 9.10. The first-order valence-corrected chi connectivity index (χ1v) is 12.2. The number of likely N-dealkylation sites (tertiary alicyclic amines) is 1. The van der Waals surface area contributed by atoms with Crippen LogP contribution in [0.4, 0.5) is 10.6 Å². The number of hydrogen-bond acceptors (Lipinski definition) is 7. The highest BCUT2D eigenvalue weighted by Gasteiger charge is 2.28. The summed E-state index contributed by atoms with van der Waals surface area (Å²) in [6.45, 7) is 6.62. The molecule has 2 fully saturated rings. The summed E-state index contributed by atoms with van der Waals surface area (Å²) in [5.74, 6) is 0.808. The normalized spacial score (nSPS) is 22.2. The van der Waals surface area contributed by atoms with Gasteiger partial charge < -0.3 is 14.5 Å². The zero-order valence-electron chi connectivity index (χ0n) is 18.2. The Kier molecular flexibility index (Phi) is 6.14. The number of rotatable bonds is 4. The summed E-state index contributed by atoms with van der Waals surface area (Å²) >= 11 is 3.59. The molecular formula is C22H28BrN7O2. The van der Waals surface area contributed by atoms with Crippen LogP contribution in [0.2, 0.25) is 0 Å². The maximum absolute atomic E-state index is 11.9. The van der Waals surface area contributed by atoms with Gasteiger partial charge in [-0.05, 0) is 73.8 Å². The second-order valence-corrected chi connectivity index (χ2v) is 9.14. The van der Waals surface area contributed by atoms with Gasteiger partial charge in [0, 0.05) is 31.5 Å². The van der Waals surface area contributed by atoms with Crippen LogP contribution in [-0.2, 0) is 4.74 Å². The average molecular weight is 502 g/mol.